The molecule has 2 aromatic carbocycles. The van der Waals surface area contributed by atoms with Crippen molar-refractivity contribution in [3.8, 4) is 22.4 Å². The van der Waals surface area contributed by atoms with Crippen molar-refractivity contribution < 1.29 is 0 Å². The summed E-state index contributed by atoms with van der Waals surface area (Å²) in [4.78, 5) is 4.70. The zero-order chi connectivity index (χ0) is 18.8. The third-order valence-electron chi connectivity index (χ3n) is 5.08. The van der Waals surface area contributed by atoms with Gasteiger partial charge in [-0.2, -0.15) is 0 Å². The Kier molecular flexibility index (Phi) is 4.92. The molecular formula is C23H26N4. The predicted octanol–water partition coefficient (Wildman–Crippen LogP) is 5.21. The third kappa shape index (κ3) is 3.46. The first-order valence-electron chi connectivity index (χ1n) is 9.76. The molecule has 4 heteroatoms. The highest BCUT2D eigenvalue weighted by Gasteiger charge is 2.24. The summed E-state index contributed by atoms with van der Waals surface area (Å²) in [6.45, 7) is 4.00. The molecule has 1 aliphatic heterocycles. The van der Waals surface area contributed by atoms with Gasteiger partial charge in [0.05, 0.1) is 11.4 Å². The summed E-state index contributed by atoms with van der Waals surface area (Å²) in [6.07, 6.45) is 4.29. The van der Waals surface area contributed by atoms with Crippen molar-refractivity contribution in [3.63, 3.8) is 0 Å². The number of anilines is 1. The fourth-order valence-electron chi connectivity index (χ4n) is 3.56. The fraction of sp³-hybridized carbons (Fsp3) is 0.261. The lowest BCUT2D eigenvalue weighted by atomic mass is 9.95. The van der Waals surface area contributed by atoms with E-state index in [2.05, 4.69) is 59.4 Å². The van der Waals surface area contributed by atoms with E-state index in [1.807, 2.05) is 26.1 Å². The molecule has 0 radical (unpaired) electrons. The molecule has 1 aliphatic carbocycles. The summed E-state index contributed by atoms with van der Waals surface area (Å²) < 4.78 is 0. The molecule has 0 saturated heterocycles. The van der Waals surface area contributed by atoms with Crippen molar-refractivity contribution >= 4 is 5.69 Å². The third-order valence-corrected chi connectivity index (χ3v) is 5.08. The number of nitrogens with zero attached hydrogens (tertiary/aromatic N) is 1. The molecule has 1 unspecified atom stereocenters. The van der Waals surface area contributed by atoms with Crippen LogP contribution in [0.25, 0.3) is 22.4 Å². The van der Waals surface area contributed by atoms with Crippen LogP contribution in [0.4, 0.5) is 5.69 Å². The van der Waals surface area contributed by atoms with Crippen LogP contribution in [0.1, 0.15) is 49.9 Å². The van der Waals surface area contributed by atoms with Crippen LogP contribution in [0.5, 0.6) is 0 Å². The monoisotopic (exact) mass is 358 g/mol. The summed E-state index contributed by atoms with van der Waals surface area (Å²) in [5.41, 5.74) is 20.3. The zero-order valence-corrected chi connectivity index (χ0v) is 15.9. The highest BCUT2D eigenvalue weighted by atomic mass is 15.4. The Morgan fingerprint density at radius 1 is 0.963 bits per heavy atom. The molecule has 0 amide bonds. The molecule has 27 heavy (non-hydrogen) atoms. The predicted molar refractivity (Wildman–Crippen MR) is 112 cm³/mol. The summed E-state index contributed by atoms with van der Waals surface area (Å²) in [5, 5.41) is 0. The number of pyridine rings is 1. The molecule has 1 saturated carbocycles. The molecule has 1 fully saturated rings. The van der Waals surface area contributed by atoms with E-state index in [0.29, 0.717) is 0 Å². The van der Waals surface area contributed by atoms with Gasteiger partial charge in [-0.15, -0.1) is 0 Å². The van der Waals surface area contributed by atoms with E-state index in [1.54, 1.807) is 0 Å². The quantitative estimate of drug-likeness (QED) is 0.602. The Bertz CT molecular complexity index is 947. The number of hydrogen-bond donors (Lipinski definition) is 3. The lowest BCUT2D eigenvalue weighted by Gasteiger charge is -2.12. The Morgan fingerprint density at radius 3 is 2.63 bits per heavy atom. The molecule has 4 nitrogen and oxygen atoms in total. The molecule has 138 valence electrons. The molecule has 3 aromatic rings. The molecule has 1 aromatic heterocycles. The lowest BCUT2D eigenvalue weighted by Crippen LogP contribution is -2.25. The van der Waals surface area contributed by atoms with Gasteiger partial charge in [0.1, 0.15) is 6.17 Å². The number of fused-ring (bicyclic) bond motifs is 1. The molecule has 0 spiro atoms. The average Bonchev–Trinajstić information content (AvgIpc) is 3.53. The average molecular weight is 358 g/mol. The second kappa shape index (κ2) is 7.51. The first-order valence-corrected chi connectivity index (χ1v) is 9.76. The van der Waals surface area contributed by atoms with Crippen molar-refractivity contribution in [3.05, 3.63) is 71.9 Å². The van der Waals surface area contributed by atoms with E-state index in [0.717, 1.165) is 34.0 Å². The highest BCUT2D eigenvalue weighted by molar-refractivity contribution is 5.82. The van der Waals surface area contributed by atoms with E-state index in [-0.39, 0.29) is 6.17 Å². The molecule has 2 heterocycles. The molecule has 1 atom stereocenters. The molecular weight excluding hydrogens is 332 g/mol. The van der Waals surface area contributed by atoms with Crippen LogP contribution in [-0.2, 0) is 0 Å². The maximum atomic E-state index is 6.11. The maximum absolute atomic E-state index is 6.11. The fourth-order valence-corrected chi connectivity index (χ4v) is 3.56. The van der Waals surface area contributed by atoms with Gasteiger partial charge >= 0.3 is 0 Å². The number of benzene rings is 2. The number of hydrazine groups is 1. The van der Waals surface area contributed by atoms with E-state index in [4.69, 9.17) is 10.7 Å². The summed E-state index contributed by atoms with van der Waals surface area (Å²) in [7, 11) is 0. The van der Waals surface area contributed by atoms with Gasteiger partial charge in [-0.05, 0) is 54.2 Å². The molecule has 2 aliphatic rings. The normalized spacial score (nSPS) is 17.5. The van der Waals surface area contributed by atoms with Gasteiger partial charge in [-0.25, -0.2) is 5.43 Å². The number of nitrogens with two attached hydrogens (primary N) is 1. The molecule has 5 rings (SSSR count). The Balaban J connectivity index is 0.000000872. The van der Waals surface area contributed by atoms with Crippen LogP contribution in [0.3, 0.4) is 0 Å². The van der Waals surface area contributed by atoms with Gasteiger partial charge < -0.3 is 11.2 Å². The van der Waals surface area contributed by atoms with Crippen LogP contribution >= 0.6 is 0 Å². The van der Waals surface area contributed by atoms with E-state index in [9.17, 15) is 0 Å². The van der Waals surface area contributed by atoms with Crippen molar-refractivity contribution in [1.29, 1.82) is 0 Å². The van der Waals surface area contributed by atoms with Gasteiger partial charge in [-0.3, -0.25) is 4.98 Å². The van der Waals surface area contributed by atoms with E-state index < -0.39 is 0 Å². The number of aromatic nitrogens is 1. The minimum absolute atomic E-state index is 0.187. The Morgan fingerprint density at radius 2 is 1.81 bits per heavy atom. The minimum Gasteiger partial charge on any atom is -0.319 e. The van der Waals surface area contributed by atoms with Gasteiger partial charge in [0.25, 0.3) is 0 Å². The van der Waals surface area contributed by atoms with Gasteiger partial charge in [-0.1, -0.05) is 44.2 Å². The first-order chi connectivity index (χ1) is 13.3. The van der Waals surface area contributed by atoms with E-state index in [1.165, 1.54) is 24.0 Å². The summed E-state index contributed by atoms with van der Waals surface area (Å²) in [6, 6.07) is 19.3. The van der Waals surface area contributed by atoms with Crippen LogP contribution in [0, 0.1) is 0 Å². The second-order valence-corrected chi connectivity index (χ2v) is 6.85. The van der Waals surface area contributed by atoms with Gasteiger partial charge in [0.15, 0.2) is 0 Å². The number of hydrogen-bond acceptors (Lipinski definition) is 4. The summed E-state index contributed by atoms with van der Waals surface area (Å²) in [5.74, 6) is 0.738. The topological polar surface area (TPSA) is 63.0 Å². The van der Waals surface area contributed by atoms with E-state index >= 15 is 0 Å². The van der Waals surface area contributed by atoms with Crippen molar-refractivity contribution in [1.82, 2.24) is 10.4 Å². The second-order valence-electron chi connectivity index (χ2n) is 6.85. The molecule has 4 N–H and O–H groups in total. The number of rotatable bonds is 3. The maximum Gasteiger partial charge on any atom is 0.100 e. The van der Waals surface area contributed by atoms with Gasteiger partial charge in [0.2, 0.25) is 0 Å². The largest absolute Gasteiger partial charge is 0.319 e. The zero-order valence-electron chi connectivity index (χ0n) is 15.9. The molecule has 0 bridgehead atoms. The SMILES string of the molecule is CC.NC1NNc2ccc(-c3cccnc3-c3cccc(C4CC4)c3)cc21. The first kappa shape index (κ1) is 17.7. The van der Waals surface area contributed by atoms with Crippen LogP contribution < -0.4 is 16.6 Å². The van der Waals surface area contributed by atoms with Crippen LogP contribution in [-0.4, -0.2) is 4.98 Å². The van der Waals surface area contributed by atoms with Crippen molar-refractivity contribution in [2.75, 3.05) is 5.43 Å². The standard InChI is InChI=1S/C21H20N4.C2H6/c22-21-18-12-15(8-9-19(18)24-25-21)17-5-2-10-23-20(17)16-4-1-3-14(11-16)13-6-7-13;1-2/h1-5,8-13,21,24-25H,6-7,22H2;1-2H3. The smallest absolute Gasteiger partial charge is 0.100 e. The van der Waals surface area contributed by atoms with Crippen LogP contribution in [0.15, 0.2) is 60.8 Å². The van der Waals surface area contributed by atoms with Crippen LogP contribution in [0.2, 0.25) is 0 Å². The number of nitrogens with one attached hydrogen (secondary N) is 2. The highest BCUT2D eigenvalue weighted by Crippen LogP contribution is 2.42. The van der Waals surface area contributed by atoms with Gasteiger partial charge in [0, 0.05) is 22.9 Å². The van der Waals surface area contributed by atoms with Crippen molar-refractivity contribution in [2.24, 2.45) is 5.73 Å². The minimum atomic E-state index is -0.187. The summed E-state index contributed by atoms with van der Waals surface area (Å²) >= 11 is 0. The lowest BCUT2D eigenvalue weighted by molar-refractivity contribution is 0.655. The van der Waals surface area contributed by atoms with Crippen molar-refractivity contribution in [2.45, 2.75) is 38.8 Å². The Hall–Kier alpha value is -2.69. The Labute approximate surface area is 160 Å².